The molecule has 1 fully saturated rings. The molecular formula is C14H23N3O2S. The zero-order valence-corrected chi connectivity index (χ0v) is 13.0. The number of rotatable bonds is 5. The summed E-state index contributed by atoms with van der Waals surface area (Å²) in [5.74, 6) is 2.22. The van der Waals surface area contributed by atoms with Crippen LogP contribution in [-0.4, -0.2) is 56.7 Å². The highest BCUT2D eigenvalue weighted by molar-refractivity contribution is 7.98. The molecule has 1 atom stereocenters. The summed E-state index contributed by atoms with van der Waals surface area (Å²) in [7, 11) is 2.01. The summed E-state index contributed by atoms with van der Waals surface area (Å²) in [6.07, 6.45) is 7.30. The maximum Gasteiger partial charge on any atom is 0.251 e. The molecule has 1 saturated heterocycles. The van der Waals surface area contributed by atoms with Crippen LogP contribution in [0.15, 0.2) is 12.4 Å². The highest BCUT2D eigenvalue weighted by atomic mass is 32.2. The molecule has 0 bridgehead atoms. The smallest absolute Gasteiger partial charge is 0.251 e. The Labute approximate surface area is 124 Å². The number of aryl methyl sites for hydroxylation is 1. The van der Waals surface area contributed by atoms with Gasteiger partial charge in [-0.2, -0.15) is 11.8 Å². The molecule has 1 amide bonds. The third-order valence-corrected chi connectivity index (χ3v) is 4.55. The minimum Gasteiger partial charge on any atom is -0.383 e. The van der Waals surface area contributed by atoms with Crippen molar-refractivity contribution < 1.29 is 9.90 Å². The summed E-state index contributed by atoms with van der Waals surface area (Å²) >= 11 is 1.65. The fraction of sp³-hybridized carbons (Fsp3) is 0.714. The van der Waals surface area contributed by atoms with Gasteiger partial charge in [-0.1, -0.05) is 0 Å². The van der Waals surface area contributed by atoms with Gasteiger partial charge in [0.15, 0.2) is 0 Å². The number of carbonyl (C=O) groups excluding carboxylic acids is 1. The van der Waals surface area contributed by atoms with E-state index in [2.05, 4.69) is 9.55 Å². The van der Waals surface area contributed by atoms with Gasteiger partial charge in [-0.15, -0.1) is 0 Å². The minimum atomic E-state index is -0.841. The van der Waals surface area contributed by atoms with Gasteiger partial charge in [-0.05, 0) is 31.3 Å². The summed E-state index contributed by atoms with van der Waals surface area (Å²) in [6.45, 7) is 1.43. The van der Waals surface area contributed by atoms with Crippen molar-refractivity contribution in [2.24, 2.45) is 7.05 Å². The number of hydrogen-bond donors (Lipinski definition) is 1. The summed E-state index contributed by atoms with van der Waals surface area (Å²) in [5.41, 5.74) is 0. The fourth-order valence-corrected chi connectivity index (χ4v) is 3.15. The van der Waals surface area contributed by atoms with Crippen LogP contribution in [0, 0.1) is 0 Å². The fourth-order valence-electron chi connectivity index (χ4n) is 2.69. The predicted molar refractivity (Wildman–Crippen MR) is 80.8 cm³/mol. The number of carbonyl (C=O) groups is 1. The number of aromatic nitrogens is 2. The summed E-state index contributed by atoms with van der Waals surface area (Å²) in [5, 5.41) is 9.87. The number of piperidine rings is 1. The second kappa shape index (κ2) is 7.13. The lowest BCUT2D eigenvalue weighted by Crippen LogP contribution is -2.43. The largest absolute Gasteiger partial charge is 0.383 e. The molecular weight excluding hydrogens is 274 g/mol. The first-order valence-electron chi connectivity index (χ1n) is 7.06. The molecule has 0 spiro atoms. The van der Waals surface area contributed by atoms with Gasteiger partial charge < -0.3 is 14.6 Å². The van der Waals surface area contributed by atoms with Gasteiger partial charge in [-0.25, -0.2) is 4.98 Å². The highest BCUT2D eigenvalue weighted by Crippen LogP contribution is 2.26. The van der Waals surface area contributed by atoms with E-state index in [1.54, 1.807) is 16.7 Å². The quantitative estimate of drug-likeness (QED) is 0.888. The van der Waals surface area contributed by atoms with Gasteiger partial charge in [-0.3, -0.25) is 4.79 Å². The third-order valence-electron chi connectivity index (χ3n) is 3.91. The van der Waals surface area contributed by atoms with Crippen molar-refractivity contribution in [1.29, 1.82) is 0 Å². The molecule has 0 saturated carbocycles. The summed E-state index contributed by atoms with van der Waals surface area (Å²) < 4.78 is 2.05. The van der Waals surface area contributed by atoms with Gasteiger partial charge in [0.25, 0.3) is 5.91 Å². The van der Waals surface area contributed by atoms with Gasteiger partial charge in [0.1, 0.15) is 11.9 Å². The third kappa shape index (κ3) is 3.55. The molecule has 0 aromatic carbocycles. The molecule has 20 heavy (non-hydrogen) atoms. The molecule has 1 aromatic heterocycles. The van der Waals surface area contributed by atoms with Crippen LogP contribution >= 0.6 is 11.8 Å². The first kappa shape index (κ1) is 15.4. The second-order valence-corrected chi connectivity index (χ2v) is 6.28. The van der Waals surface area contributed by atoms with E-state index in [1.165, 1.54) is 0 Å². The monoisotopic (exact) mass is 297 g/mol. The van der Waals surface area contributed by atoms with Crippen LogP contribution in [0.1, 0.15) is 31.0 Å². The number of thioether (sulfide) groups is 1. The molecule has 1 aromatic rings. The van der Waals surface area contributed by atoms with E-state index in [-0.39, 0.29) is 5.91 Å². The Morgan fingerprint density at radius 3 is 2.80 bits per heavy atom. The lowest BCUT2D eigenvalue weighted by Gasteiger charge is -2.33. The SMILES string of the molecule is CSCC[C@@H](O)C(=O)N1CCC(c2nccn2C)CC1. The van der Waals surface area contributed by atoms with Crippen molar-refractivity contribution in [3.63, 3.8) is 0 Å². The molecule has 0 unspecified atom stereocenters. The number of imidazole rings is 1. The van der Waals surface area contributed by atoms with Crippen molar-refractivity contribution in [2.45, 2.75) is 31.3 Å². The normalized spacial score (nSPS) is 18.2. The predicted octanol–water partition coefficient (Wildman–Crippen LogP) is 1.24. The van der Waals surface area contributed by atoms with E-state index in [0.717, 1.165) is 24.4 Å². The van der Waals surface area contributed by atoms with E-state index < -0.39 is 6.10 Å². The Balaban J connectivity index is 1.85. The number of hydrogen-bond acceptors (Lipinski definition) is 4. The Hall–Kier alpha value is -1.01. The van der Waals surface area contributed by atoms with Crippen LogP contribution in [0.4, 0.5) is 0 Å². The van der Waals surface area contributed by atoms with Gasteiger partial charge in [0.2, 0.25) is 0 Å². The number of nitrogens with zero attached hydrogens (tertiary/aromatic N) is 3. The minimum absolute atomic E-state index is 0.114. The summed E-state index contributed by atoms with van der Waals surface area (Å²) in [6, 6.07) is 0. The van der Waals surface area contributed by atoms with E-state index in [4.69, 9.17) is 0 Å². The van der Waals surface area contributed by atoms with E-state index in [1.807, 2.05) is 25.7 Å². The molecule has 2 heterocycles. The number of aliphatic hydroxyl groups is 1. The molecule has 1 aliphatic rings. The molecule has 112 valence electrons. The maximum absolute atomic E-state index is 12.1. The van der Waals surface area contributed by atoms with E-state index in [0.29, 0.717) is 25.4 Å². The Morgan fingerprint density at radius 1 is 1.55 bits per heavy atom. The molecule has 0 aliphatic carbocycles. The summed E-state index contributed by atoms with van der Waals surface area (Å²) in [4.78, 5) is 18.3. The van der Waals surface area contributed by atoms with Gasteiger partial charge in [0, 0.05) is 38.4 Å². The maximum atomic E-state index is 12.1. The second-order valence-electron chi connectivity index (χ2n) is 5.29. The topological polar surface area (TPSA) is 58.4 Å². The Bertz CT molecular complexity index is 441. The average molecular weight is 297 g/mol. The average Bonchev–Trinajstić information content (AvgIpc) is 2.90. The van der Waals surface area contributed by atoms with Crippen molar-refractivity contribution in [3.8, 4) is 0 Å². The molecule has 2 rings (SSSR count). The van der Waals surface area contributed by atoms with Crippen LogP contribution in [-0.2, 0) is 11.8 Å². The van der Waals surface area contributed by atoms with Gasteiger partial charge in [0.05, 0.1) is 0 Å². The van der Waals surface area contributed by atoms with Crippen molar-refractivity contribution in [3.05, 3.63) is 18.2 Å². The zero-order valence-electron chi connectivity index (χ0n) is 12.2. The van der Waals surface area contributed by atoms with Crippen LogP contribution in [0.2, 0.25) is 0 Å². The highest BCUT2D eigenvalue weighted by Gasteiger charge is 2.28. The van der Waals surface area contributed by atoms with Crippen molar-refractivity contribution >= 4 is 17.7 Å². The Kier molecular flexibility index (Phi) is 5.48. The zero-order chi connectivity index (χ0) is 14.5. The van der Waals surface area contributed by atoms with E-state index >= 15 is 0 Å². The lowest BCUT2D eigenvalue weighted by molar-refractivity contribution is -0.141. The number of likely N-dealkylation sites (tertiary alicyclic amines) is 1. The molecule has 6 heteroatoms. The number of aliphatic hydroxyl groups excluding tert-OH is 1. The first-order chi connectivity index (χ1) is 9.63. The molecule has 1 N–H and O–H groups in total. The van der Waals surface area contributed by atoms with Crippen molar-refractivity contribution in [1.82, 2.24) is 14.5 Å². The molecule has 0 radical (unpaired) electrons. The van der Waals surface area contributed by atoms with Gasteiger partial charge >= 0.3 is 0 Å². The molecule has 1 aliphatic heterocycles. The molecule has 5 nitrogen and oxygen atoms in total. The van der Waals surface area contributed by atoms with E-state index in [9.17, 15) is 9.90 Å². The van der Waals surface area contributed by atoms with Crippen LogP contribution in [0.5, 0.6) is 0 Å². The van der Waals surface area contributed by atoms with Crippen LogP contribution in [0.3, 0.4) is 0 Å². The van der Waals surface area contributed by atoms with Crippen molar-refractivity contribution in [2.75, 3.05) is 25.1 Å². The van der Waals surface area contributed by atoms with Crippen LogP contribution < -0.4 is 0 Å². The lowest BCUT2D eigenvalue weighted by atomic mass is 9.95. The van der Waals surface area contributed by atoms with Crippen LogP contribution in [0.25, 0.3) is 0 Å². The standard InChI is InChI=1S/C14H23N3O2S/c1-16-9-6-15-13(16)11-3-7-17(8-4-11)14(19)12(18)5-10-20-2/h6,9,11-12,18H,3-5,7-8,10H2,1-2H3/t12-/m1/s1. The first-order valence-corrected chi connectivity index (χ1v) is 8.46. The number of amides is 1. The Morgan fingerprint density at radius 2 is 2.25 bits per heavy atom.